The summed E-state index contributed by atoms with van der Waals surface area (Å²) in [5.41, 5.74) is 3.67. The monoisotopic (exact) mass is 1060 g/mol. The molecule has 2 aliphatic heterocycles. The molecule has 376 valence electrons. The lowest BCUT2D eigenvalue weighted by atomic mass is 10.1. The van der Waals surface area contributed by atoms with Gasteiger partial charge in [-0.25, -0.2) is 18.4 Å². The molecule has 73 heavy (non-hydrogen) atoms. The molecule has 12 rings (SSSR count). The number of alkyl halides is 1. The first kappa shape index (κ1) is 49.1. The summed E-state index contributed by atoms with van der Waals surface area (Å²) in [6, 6.07) is 24.9. The zero-order valence-corrected chi connectivity index (χ0v) is 41.1. The minimum atomic E-state index is -1.30. The van der Waals surface area contributed by atoms with Gasteiger partial charge in [0, 0.05) is 133 Å². The fraction of sp³-hybridized carbons (Fsp3) is 0.296. The van der Waals surface area contributed by atoms with Crippen LogP contribution in [0.2, 0.25) is 0 Å². The molecule has 4 aliphatic rings. The highest BCUT2D eigenvalue weighted by Gasteiger charge is 2.30. The molecule has 0 amide bonds. The predicted octanol–water partition coefficient (Wildman–Crippen LogP) is 7.34. The minimum Gasteiger partial charge on any atom is -0.477 e. The van der Waals surface area contributed by atoms with Crippen LogP contribution in [0.4, 0.5) is 20.2 Å². The summed E-state index contributed by atoms with van der Waals surface area (Å²) >= 11 is 3.36. The number of pyridine rings is 4. The number of hydrogen-bond donors (Lipinski definition) is 5. The van der Waals surface area contributed by atoms with Crippen LogP contribution >= 0.6 is 15.9 Å². The summed E-state index contributed by atoms with van der Waals surface area (Å²) in [4.78, 5) is 83.2. The van der Waals surface area contributed by atoms with Crippen LogP contribution in [0, 0.1) is 11.6 Å². The topological polar surface area (TPSA) is 206 Å². The Morgan fingerprint density at radius 3 is 1.47 bits per heavy atom. The van der Waals surface area contributed by atoms with Crippen LogP contribution in [0.1, 0.15) is 69.6 Å². The molecule has 2 saturated carbocycles. The van der Waals surface area contributed by atoms with Gasteiger partial charge in [0.25, 0.3) is 0 Å². The Balaban J connectivity index is 0.000000141. The summed E-state index contributed by atoms with van der Waals surface area (Å²) in [5, 5.41) is 25.0. The number of para-hydroxylation sites is 2. The van der Waals surface area contributed by atoms with Gasteiger partial charge in [-0.05, 0) is 73.2 Å². The van der Waals surface area contributed by atoms with Gasteiger partial charge in [0.2, 0.25) is 22.0 Å². The van der Waals surface area contributed by atoms with E-state index >= 15 is 4.39 Å². The van der Waals surface area contributed by atoms with Crippen molar-refractivity contribution in [3.63, 3.8) is 0 Å². The van der Waals surface area contributed by atoms with Gasteiger partial charge in [0.15, 0.2) is 0 Å². The van der Waals surface area contributed by atoms with Crippen molar-refractivity contribution in [3.8, 4) is 0 Å². The number of carboxylic acids is 2. The lowest BCUT2D eigenvalue weighted by Gasteiger charge is -2.36. The van der Waals surface area contributed by atoms with Crippen LogP contribution < -0.4 is 37.1 Å². The Bertz CT molecular complexity index is 3720. The van der Waals surface area contributed by atoms with Crippen molar-refractivity contribution in [2.45, 2.75) is 49.6 Å². The third-order valence-corrected chi connectivity index (χ3v) is 14.5. The third-order valence-electron chi connectivity index (χ3n) is 13.9. The SMILES string of the molecule is O=C(O)c1cn(C2CC2)c2cc(N3CCN(Cc4cc(=O)[nH]c5ccccc45)CC3)c(F)cc2c1=O.O=C(O)c1cn(C2CC2)c2cc(N3CCNCC3)c(F)cc2c1=O.O=c1cc(CBr)c2ccccc2[nH]1. The van der Waals surface area contributed by atoms with Gasteiger partial charge in [-0.3, -0.25) is 24.1 Å². The summed E-state index contributed by atoms with van der Waals surface area (Å²) < 4.78 is 33.5. The molecule has 16 nitrogen and oxygen atoms in total. The van der Waals surface area contributed by atoms with E-state index in [1.807, 2.05) is 67.5 Å². The van der Waals surface area contributed by atoms with Gasteiger partial charge in [0.1, 0.15) is 22.8 Å². The molecule has 4 aromatic carbocycles. The molecule has 4 aromatic heterocycles. The predicted molar refractivity (Wildman–Crippen MR) is 281 cm³/mol. The van der Waals surface area contributed by atoms with Gasteiger partial charge in [-0.2, -0.15) is 0 Å². The number of H-pyrrole nitrogens is 2. The number of piperazine rings is 2. The Labute approximate surface area is 423 Å². The van der Waals surface area contributed by atoms with E-state index in [-0.39, 0.29) is 45.1 Å². The quantitative estimate of drug-likeness (QED) is 0.0901. The molecule has 2 aliphatic carbocycles. The summed E-state index contributed by atoms with van der Waals surface area (Å²) in [7, 11) is 0. The highest BCUT2D eigenvalue weighted by Crippen LogP contribution is 2.39. The van der Waals surface area contributed by atoms with Gasteiger partial charge >= 0.3 is 11.9 Å². The maximum Gasteiger partial charge on any atom is 0.341 e. The fourth-order valence-corrected chi connectivity index (χ4v) is 10.4. The highest BCUT2D eigenvalue weighted by atomic mass is 79.9. The summed E-state index contributed by atoms with van der Waals surface area (Å²) in [6.45, 7) is 6.13. The number of aromatic carboxylic acids is 2. The van der Waals surface area contributed by atoms with Crippen LogP contribution in [0.5, 0.6) is 0 Å². The second-order valence-electron chi connectivity index (χ2n) is 18.8. The van der Waals surface area contributed by atoms with Gasteiger partial charge < -0.3 is 44.4 Å². The third kappa shape index (κ3) is 10.3. The van der Waals surface area contributed by atoms with E-state index in [1.165, 1.54) is 24.5 Å². The Kier molecular flexibility index (Phi) is 13.8. The average Bonchev–Trinajstić information content (AvgIpc) is 4.34. The van der Waals surface area contributed by atoms with Crippen LogP contribution in [0.15, 0.2) is 117 Å². The minimum absolute atomic E-state index is 0.0480. The number of aromatic nitrogens is 4. The molecule has 0 atom stereocenters. The molecule has 5 N–H and O–H groups in total. The van der Waals surface area contributed by atoms with Crippen LogP contribution in [0.25, 0.3) is 43.6 Å². The molecule has 0 bridgehead atoms. The highest BCUT2D eigenvalue weighted by molar-refractivity contribution is 9.08. The number of halogens is 3. The van der Waals surface area contributed by atoms with E-state index < -0.39 is 34.4 Å². The van der Waals surface area contributed by atoms with Crippen LogP contribution in [0.3, 0.4) is 0 Å². The molecule has 0 unspecified atom stereocenters. The van der Waals surface area contributed by atoms with Gasteiger partial charge in [-0.1, -0.05) is 52.3 Å². The molecule has 2 saturated heterocycles. The molecule has 0 radical (unpaired) electrons. The molecular weight excluding hydrogens is 1010 g/mol. The molecule has 0 spiro atoms. The number of rotatable bonds is 9. The maximum atomic E-state index is 15.2. The van der Waals surface area contributed by atoms with Crippen molar-refractivity contribution >= 4 is 82.9 Å². The summed E-state index contributed by atoms with van der Waals surface area (Å²) in [5.74, 6) is -3.59. The maximum absolute atomic E-state index is 15.2. The fourth-order valence-electron chi connectivity index (χ4n) is 9.91. The van der Waals surface area contributed by atoms with E-state index in [4.69, 9.17) is 0 Å². The van der Waals surface area contributed by atoms with Gasteiger partial charge in [-0.15, -0.1) is 0 Å². The van der Waals surface area contributed by atoms with Crippen molar-refractivity contribution in [3.05, 3.63) is 172 Å². The number of hydrogen-bond acceptors (Lipinski definition) is 10. The smallest absolute Gasteiger partial charge is 0.341 e. The second-order valence-corrected chi connectivity index (χ2v) is 19.4. The number of nitrogens with zero attached hydrogens (tertiary/aromatic N) is 5. The number of nitrogens with one attached hydrogen (secondary N) is 3. The molecule has 8 aromatic rings. The standard InChI is InChI=1S/C27H25FN4O4.C17H18FN3O3.C10H8BrNO/c28-21-12-19-23(32(17-5-6-17)15-20(26(19)34)27(35)36)13-24(21)31-9-7-30(8-10-31)14-16-11-25(33)29-22-4-2-1-3-18(16)22;18-13-7-11-14(8-15(13)20-5-3-19-4-6-20)21(10-1-2-10)9-12(16(11)22)17(23)24;11-6-7-5-10(13)12-9-4-2-1-3-8(7)9/h1-4,11-13,15,17H,5-10,14H2,(H,29,33)(H,35,36);7-10,19H,1-6H2,(H,23,24);1-5H,6H2,(H,12,13). The number of carbonyl (C=O) groups is 2. The number of carboxylic acid groups (broad SMARTS) is 2. The van der Waals surface area contributed by atoms with E-state index in [1.54, 1.807) is 24.3 Å². The zero-order chi connectivity index (χ0) is 51.1. The molecule has 19 heteroatoms. The Hall–Kier alpha value is -7.48. The molecule has 6 heterocycles. The van der Waals surface area contributed by atoms with Crippen molar-refractivity contribution in [1.82, 2.24) is 29.3 Å². The van der Waals surface area contributed by atoms with Crippen molar-refractivity contribution in [1.29, 1.82) is 0 Å². The Morgan fingerprint density at radius 2 is 1.01 bits per heavy atom. The first-order valence-electron chi connectivity index (χ1n) is 24.2. The van der Waals surface area contributed by atoms with Crippen LogP contribution in [-0.2, 0) is 11.9 Å². The second kappa shape index (κ2) is 20.6. The normalized spacial score (nSPS) is 16.0. The number of aromatic amines is 2. The zero-order valence-electron chi connectivity index (χ0n) is 39.5. The number of benzene rings is 4. The van der Waals surface area contributed by atoms with E-state index in [2.05, 4.69) is 36.1 Å². The lowest BCUT2D eigenvalue weighted by molar-refractivity contribution is 0.0684. The first-order valence-corrected chi connectivity index (χ1v) is 25.3. The lowest BCUT2D eigenvalue weighted by Crippen LogP contribution is -2.46. The van der Waals surface area contributed by atoms with E-state index in [9.17, 15) is 43.4 Å². The number of anilines is 2. The van der Waals surface area contributed by atoms with Crippen molar-refractivity contribution < 1.29 is 28.6 Å². The molecule has 4 fully saturated rings. The first-order chi connectivity index (χ1) is 35.3. The molecular formula is C54H51BrF2N8O8. The largest absolute Gasteiger partial charge is 0.477 e. The van der Waals surface area contributed by atoms with E-state index in [0.29, 0.717) is 73.6 Å². The van der Waals surface area contributed by atoms with Crippen molar-refractivity contribution in [2.75, 3.05) is 62.2 Å². The summed E-state index contributed by atoms with van der Waals surface area (Å²) in [6.07, 6.45) is 6.49. The average molecular weight is 1060 g/mol. The Morgan fingerprint density at radius 1 is 0.575 bits per heavy atom. The van der Waals surface area contributed by atoms with E-state index in [0.717, 1.165) is 71.7 Å². The number of fused-ring (bicyclic) bond motifs is 4. The van der Waals surface area contributed by atoms with Crippen molar-refractivity contribution in [2.24, 2.45) is 0 Å². The van der Waals surface area contributed by atoms with Gasteiger partial charge in [0.05, 0.1) is 22.4 Å². The van der Waals surface area contributed by atoms with Crippen LogP contribution in [-0.4, -0.2) is 98.5 Å².